The van der Waals surface area contributed by atoms with Gasteiger partial charge in [0.05, 0.1) is 0 Å². The molecule has 2 N–H and O–H groups in total. The van der Waals surface area contributed by atoms with Crippen LogP contribution in [0, 0.1) is 16.6 Å². The van der Waals surface area contributed by atoms with Gasteiger partial charge in [-0.15, -0.1) is 0 Å². The fraction of sp³-hybridized carbons (Fsp3) is 0.706. The molecule has 0 bridgehead atoms. The third kappa shape index (κ3) is 6.29. The number of aromatic amines is 1. The van der Waals surface area contributed by atoms with E-state index in [1.54, 1.807) is 4.57 Å². The van der Waals surface area contributed by atoms with E-state index in [4.69, 9.17) is 12.2 Å². The molecule has 1 heterocycles. The fourth-order valence-electron chi connectivity index (χ4n) is 2.32. The van der Waals surface area contributed by atoms with Gasteiger partial charge in [0.15, 0.2) is 4.77 Å². The maximum atomic E-state index is 12.0. The van der Waals surface area contributed by atoms with Crippen molar-refractivity contribution in [2.24, 2.45) is 16.8 Å². The Morgan fingerprint density at radius 3 is 2.43 bits per heavy atom. The van der Waals surface area contributed by atoms with E-state index in [-0.39, 0.29) is 22.3 Å². The molecule has 0 saturated carbocycles. The van der Waals surface area contributed by atoms with Gasteiger partial charge in [0.2, 0.25) is 5.88 Å². The first kappa shape index (κ1) is 19.6. The van der Waals surface area contributed by atoms with E-state index in [9.17, 15) is 9.90 Å². The molecule has 1 aromatic heterocycles. The van der Waals surface area contributed by atoms with Crippen LogP contribution in [-0.4, -0.2) is 26.9 Å². The van der Waals surface area contributed by atoms with Gasteiger partial charge in [-0.25, -0.2) is 0 Å². The number of hydrogen-bond acceptors (Lipinski definition) is 4. The maximum absolute atomic E-state index is 12.0. The van der Waals surface area contributed by atoms with Gasteiger partial charge in [-0.3, -0.25) is 19.3 Å². The number of aromatic nitrogens is 2. The standard InChI is InChI=1S/C17H29N3O2S/c1-11(2)7-6-8-13(5)18-9-14-15(21)19-17(23)20(16(14)22)10-12(3)4/h9,11-13,22H,6-8,10H2,1-5H3,(H,19,21,23). The van der Waals surface area contributed by atoms with Crippen LogP contribution in [0.4, 0.5) is 0 Å². The lowest BCUT2D eigenvalue weighted by Gasteiger charge is -2.13. The number of aliphatic imine (C=N–C) groups is 1. The van der Waals surface area contributed by atoms with Crippen molar-refractivity contribution in [3.8, 4) is 5.88 Å². The Labute approximate surface area is 143 Å². The third-order valence-corrected chi connectivity index (χ3v) is 3.94. The van der Waals surface area contributed by atoms with Crippen molar-refractivity contribution < 1.29 is 5.11 Å². The molecule has 0 radical (unpaired) electrons. The van der Waals surface area contributed by atoms with Crippen molar-refractivity contribution >= 4 is 18.4 Å². The molecule has 1 aromatic rings. The van der Waals surface area contributed by atoms with Gasteiger partial charge in [0, 0.05) is 18.8 Å². The number of nitrogens with one attached hydrogen (secondary N) is 1. The molecule has 0 fully saturated rings. The second-order valence-electron chi connectivity index (χ2n) is 6.95. The summed E-state index contributed by atoms with van der Waals surface area (Å²) in [5, 5.41) is 10.3. The first-order valence-electron chi connectivity index (χ1n) is 8.31. The lowest BCUT2D eigenvalue weighted by atomic mass is 10.0. The van der Waals surface area contributed by atoms with E-state index in [0.717, 1.165) is 12.8 Å². The SMILES string of the molecule is CC(C)CCCC(C)N=Cc1c(O)n(CC(C)C)c(=S)[nH]c1=O. The van der Waals surface area contributed by atoms with E-state index >= 15 is 0 Å². The predicted molar refractivity (Wildman–Crippen MR) is 98.1 cm³/mol. The summed E-state index contributed by atoms with van der Waals surface area (Å²) in [5.41, 5.74) is -0.222. The van der Waals surface area contributed by atoms with Gasteiger partial charge in [0.1, 0.15) is 5.56 Å². The fourth-order valence-corrected chi connectivity index (χ4v) is 2.58. The van der Waals surface area contributed by atoms with E-state index in [0.29, 0.717) is 18.4 Å². The second-order valence-corrected chi connectivity index (χ2v) is 7.34. The minimum absolute atomic E-state index is 0.106. The summed E-state index contributed by atoms with van der Waals surface area (Å²) in [5.74, 6) is 0.886. The molecule has 0 spiro atoms. The molecule has 0 amide bonds. The number of hydrogen-bond donors (Lipinski definition) is 2. The van der Waals surface area contributed by atoms with Crippen LogP contribution in [0.3, 0.4) is 0 Å². The van der Waals surface area contributed by atoms with Gasteiger partial charge in [0.25, 0.3) is 5.56 Å². The minimum atomic E-state index is -0.398. The van der Waals surface area contributed by atoms with Crippen LogP contribution in [-0.2, 0) is 6.54 Å². The van der Waals surface area contributed by atoms with Crippen LogP contribution in [0.25, 0.3) is 0 Å². The summed E-state index contributed by atoms with van der Waals surface area (Å²) < 4.78 is 1.79. The second kappa shape index (κ2) is 9.01. The smallest absolute Gasteiger partial charge is 0.264 e. The summed E-state index contributed by atoms with van der Waals surface area (Å²) >= 11 is 5.13. The van der Waals surface area contributed by atoms with E-state index in [2.05, 4.69) is 23.8 Å². The van der Waals surface area contributed by atoms with Gasteiger partial charge >= 0.3 is 0 Å². The first-order chi connectivity index (χ1) is 10.7. The molecule has 0 aliphatic rings. The van der Waals surface area contributed by atoms with Crippen LogP contribution < -0.4 is 5.56 Å². The van der Waals surface area contributed by atoms with Gasteiger partial charge in [-0.05, 0) is 37.4 Å². The van der Waals surface area contributed by atoms with Gasteiger partial charge < -0.3 is 5.11 Å². The molecular formula is C17H29N3O2S. The number of aromatic hydroxyl groups is 1. The lowest BCUT2D eigenvalue weighted by molar-refractivity contribution is 0.380. The van der Waals surface area contributed by atoms with Crippen LogP contribution >= 0.6 is 12.2 Å². The van der Waals surface area contributed by atoms with Gasteiger partial charge in [-0.1, -0.05) is 40.5 Å². The normalized spacial score (nSPS) is 13.3. The Hall–Kier alpha value is -1.43. The Morgan fingerprint density at radius 2 is 1.87 bits per heavy atom. The molecule has 5 nitrogen and oxygen atoms in total. The number of H-pyrrole nitrogens is 1. The Kier molecular flexibility index (Phi) is 7.68. The topological polar surface area (TPSA) is 70.4 Å². The zero-order valence-corrected chi connectivity index (χ0v) is 15.6. The largest absolute Gasteiger partial charge is 0.494 e. The van der Waals surface area contributed by atoms with E-state index < -0.39 is 5.56 Å². The molecule has 0 aliphatic heterocycles. The molecule has 1 rings (SSSR count). The Bertz CT molecular complexity index is 644. The highest BCUT2D eigenvalue weighted by Crippen LogP contribution is 2.15. The minimum Gasteiger partial charge on any atom is -0.494 e. The first-order valence-corrected chi connectivity index (χ1v) is 8.72. The van der Waals surface area contributed by atoms with Crippen LogP contribution in [0.1, 0.15) is 59.4 Å². The summed E-state index contributed by atoms with van der Waals surface area (Å²) in [6.45, 7) is 11.0. The average molecular weight is 340 g/mol. The molecule has 0 saturated heterocycles. The van der Waals surface area contributed by atoms with E-state index in [1.165, 1.54) is 12.6 Å². The third-order valence-electron chi connectivity index (χ3n) is 3.62. The van der Waals surface area contributed by atoms with Gasteiger partial charge in [-0.2, -0.15) is 0 Å². The molecule has 130 valence electrons. The van der Waals surface area contributed by atoms with Crippen molar-refractivity contribution in [2.45, 2.75) is 66.5 Å². The number of nitrogens with zero attached hydrogens (tertiary/aromatic N) is 2. The van der Waals surface area contributed by atoms with Crippen molar-refractivity contribution in [3.05, 3.63) is 20.7 Å². The van der Waals surface area contributed by atoms with E-state index in [1.807, 2.05) is 20.8 Å². The molecule has 0 aliphatic carbocycles. The highest BCUT2D eigenvalue weighted by molar-refractivity contribution is 7.71. The van der Waals surface area contributed by atoms with Crippen molar-refractivity contribution in [1.29, 1.82) is 0 Å². The highest BCUT2D eigenvalue weighted by atomic mass is 32.1. The Balaban J connectivity index is 2.93. The summed E-state index contributed by atoms with van der Waals surface area (Å²) in [6.07, 6.45) is 4.72. The quantitative estimate of drug-likeness (QED) is 0.557. The summed E-state index contributed by atoms with van der Waals surface area (Å²) in [7, 11) is 0. The molecule has 23 heavy (non-hydrogen) atoms. The van der Waals surface area contributed by atoms with Crippen molar-refractivity contribution in [3.63, 3.8) is 0 Å². The zero-order valence-electron chi connectivity index (χ0n) is 14.8. The predicted octanol–water partition coefficient (Wildman–Crippen LogP) is 3.90. The zero-order chi connectivity index (χ0) is 17.6. The monoisotopic (exact) mass is 339 g/mol. The van der Waals surface area contributed by atoms with Crippen molar-refractivity contribution in [2.75, 3.05) is 0 Å². The van der Waals surface area contributed by atoms with Crippen LogP contribution in [0.5, 0.6) is 5.88 Å². The number of rotatable bonds is 8. The van der Waals surface area contributed by atoms with Crippen LogP contribution in [0.15, 0.2) is 9.79 Å². The summed E-state index contributed by atoms with van der Waals surface area (Å²) in [4.78, 5) is 19.0. The molecular weight excluding hydrogens is 310 g/mol. The van der Waals surface area contributed by atoms with Crippen LogP contribution in [0.2, 0.25) is 0 Å². The maximum Gasteiger partial charge on any atom is 0.264 e. The molecule has 1 atom stereocenters. The lowest BCUT2D eigenvalue weighted by Crippen LogP contribution is -2.20. The molecule has 1 unspecified atom stereocenters. The average Bonchev–Trinajstić information content (AvgIpc) is 2.42. The Morgan fingerprint density at radius 1 is 1.22 bits per heavy atom. The molecule has 6 heteroatoms. The summed E-state index contributed by atoms with van der Waals surface area (Å²) in [6, 6.07) is 0.120. The van der Waals surface area contributed by atoms with Crippen molar-refractivity contribution in [1.82, 2.24) is 9.55 Å². The molecule has 0 aromatic carbocycles. The highest BCUT2D eigenvalue weighted by Gasteiger charge is 2.12.